The van der Waals surface area contributed by atoms with Crippen molar-refractivity contribution in [3.05, 3.63) is 18.2 Å². The van der Waals surface area contributed by atoms with Gasteiger partial charge in [-0.05, 0) is 26.8 Å². The Morgan fingerprint density at radius 3 is 2.62 bits per heavy atom. The number of hydrogen-bond acceptors (Lipinski definition) is 2. The van der Waals surface area contributed by atoms with Crippen LogP contribution in [-0.2, 0) is 0 Å². The van der Waals surface area contributed by atoms with E-state index in [0.717, 1.165) is 5.82 Å². The number of aryl methyl sites for hydroxylation is 1. The fourth-order valence-corrected chi connectivity index (χ4v) is 2.87. The van der Waals surface area contributed by atoms with Crippen molar-refractivity contribution in [2.24, 2.45) is 0 Å². The van der Waals surface area contributed by atoms with Gasteiger partial charge < -0.3 is 9.88 Å². The molecule has 1 aliphatic carbocycles. The van der Waals surface area contributed by atoms with E-state index in [-0.39, 0.29) is 0 Å². The number of nitrogens with one attached hydrogen (secondary N) is 1. The molecule has 3 heteroatoms. The van der Waals surface area contributed by atoms with Gasteiger partial charge in [0.05, 0.1) is 6.04 Å². The smallest absolute Gasteiger partial charge is 0.105 e. The first kappa shape index (κ1) is 11.6. The number of likely N-dealkylation sites (N-methyl/N-ethyl adjacent to an activating group) is 1. The van der Waals surface area contributed by atoms with Gasteiger partial charge in [-0.1, -0.05) is 25.7 Å². The van der Waals surface area contributed by atoms with Gasteiger partial charge in [-0.15, -0.1) is 0 Å². The summed E-state index contributed by atoms with van der Waals surface area (Å²) in [6.07, 6.45) is 12.1. The first-order valence-electron chi connectivity index (χ1n) is 6.49. The number of imidazole rings is 1. The van der Waals surface area contributed by atoms with Crippen LogP contribution in [0.5, 0.6) is 0 Å². The zero-order valence-corrected chi connectivity index (χ0v) is 10.4. The Hall–Kier alpha value is -0.830. The minimum absolute atomic E-state index is 0.591. The lowest BCUT2D eigenvalue weighted by Crippen LogP contribution is -2.36. The molecule has 1 saturated carbocycles. The van der Waals surface area contributed by atoms with Crippen molar-refractivity contribution in [3.63, 3.8) is 0 Å². The van der Waals surface area contributed by atoms with Crippen molar-refractivity contribution >= 4 is 0 Å². The second-order valence-corrected chi connectivity index (χ2v) is 4.84. The van der Waals surface area contributed by atoms with Crippen LogP contribution in [0.25, 0.3) is 0 Å². The molecule has 1 heterocycles. The highest BCUT2D eigenvalue weighted by Gasteiger charge is 2.23. The molecule has 3 nitrogen and oxygen atoms in total. The van der Waals surface area contributed by atoms with E-state index >= 15 is 0 Å². The number of nitrogens with zero attached hydrogens (tertiary/aromatic N) is 2. The van der Waals surface area contributed by atoms with Crippen LogP contribution in [0.4, 0.5) is 0 Å². The summed E-state index contributed by atoms with van der Waals surface area (Å²) < 4.78 is 2.35. The van der Waals surface area contributed by atoms with Gasteiger partial charge >= 0.3 is 0 Å². The van der Waals surface area contributed by atoms with E-state index in [9.17, 15) is 0 Å². The summed E-state index contributed by atoms with van der Waals surface area (Å²) in [6, 6.07) is 1.20. The Morgan fingerprint density at radius 1 is 1.25 bits per heavy atom. The molecule has 16 heavy (non-hydrogen) atoms. The maximum atomic E-state index is 4.35. The lowest BCUT2D eigenvalue weighted by Gasteiger charge is -2.31. The van der Waals surface area contributed by atoms with Gasteiger partial charge in [-0.2, -0.15) is 0 Å². The maximum Gasteiger partial charge on any atom is 0.105 e. The zero-order valence-electron chi connectivity index (χ0n) is 10.4. The first-order chi connectivity index (χ1) is 7.83. The van der Waals surface area contributed by atoms with Crippen molar-refractivity contribution in [1.82, 2.24) is 14.9 Å². The van der Waals surface area contributed by atoms with E-state index in [4.69, 9.17) is 0 Å². The van der Waals surface area contributed by atoms with Gasteiger partial charge in [0, 0.05) is 18.4 Å². The van der Waals surface area contributed by atoms with Crippen LogP contribution in [0.1, 0.15) is 50.4 Å². The molecule has 1 fully saturated rings. The van der Waals surface area contributed by atoms with Crippen molar-refractivity contribution in [2.45, 2.75) is 57.5 Å². The predicted molar refractivity (Wildman–Crippen MR) is 66.6 cm³/mol. The van der Waals surface area contributed by atoms with E-state index in [0.29, 0.717) is 12.1 Å². The molecule has 0 aromatic carbocycles. The summed E-state index contributed by atoms with van der Waals surface area (Å²) >= 11 is 0. The van der Waals surface area contributed by atoms with Gasteiger partial charge in [0.2, 0.25) is 0 Å². The quantitative estimate of drug-likeness (QED) is 0.832. The standard InChI is InChI=1S/C13H23N3/c1-11-15-9-10-16(11)13-8-6-4-3-5-7-12(13)14-2/h9-10,12-14H,3-8H2,1-2H3. The average molecular weight is 221 g/mol. The van der Waals surface area contributed by atoms with Gasteiger partial charge in [0.1, 0.15) is 5.82 Å². The van der Waals surface area contributed by atoms with E-state index in [1.165, 1.54) is 38.5 Å². The molecule has 1 aromatic heterocycles. The van der Waals surface area contributed by atoms with Crippen molar-refractivity contribution in [1.29, 1.82) is 0 Å². The zero-order chi connectivity index (χ0) is 11.4. The van der Waals surface area contributed by atoms with Gasteiger partial charge in [0.15, 0.2) is 0 Å². The molecule has 0 radical (unpaired) electrons. The summed E-state index contributed by atoms with van der Waals surface area (Å²) in [4.78, 5) is 4.35. The Morgan fingerprint density at radius 2 is 2.00 bits per heavy atom. The van der Waals surface area contributed by atoms with Crippen LogP contribution in [0, 0.1) is 6.92 Å². The maximum absolute atomic E-state index is 4.35. The minimum atomic E-state index is 0.591. The summed E-state index contributed by atoms with van der Waals surface area (Å²) in [5, 5.41) is 3.49. The highest BCUT2D eigenvalue weighted by Crippen LogP contribution is 2.27. The minimum Gasteiger partial charge on any atom is -0.331 e. The third-order valence-electron chi connectivity index (χ3n) is 3.82. The summed E-state index contributed by atoms with van der Waals surface area (Å²) in [6.45, 7) is 2.10. The van der Waals surface area contributed by atoms with Gasteiger partial charge in [-0.3, -0.25) is 0 Å². The largest absolute Gasteiger partial charge is 0.331 e. The van der Waals surface area contributed by atoms with E-state index < -0.39 is 0 Å². The molecule has 1 N–H and O–H groups in total. The van der Waals surface area contributed by atoms with E-state index in [2.05, 4.69) is 35.0 Å². The molecule has 2 atom stereocenters. The third-order valence-corrected chi connectivity index (χ3v) is 3.82. The molecular formula is C13H23N3. The summed E-state index contributed by atoms with van der Waals surface area (Å²) in [5.74, 6) is 1.14. The van der Waals surface area contributed by atoms with Gasteiger partial charge in [0.25, 0.3) is 0 Å². The van der Waals surface area contributed by atoms with Crippen LogP contribution >= 0.6 is 0 Å². The lowest BCUT2D eigenvalue weighted by atomic mass is 9.92. The topological polar surface area (TPSA) is 29.9 Å². The molecule has 90 valence electrons. The van der Waals surface area contributed by atoms with E-state index in [1.807, 2.05) is 6.20 Å². The molecule has 1 aromatic rings. The Bertz CT molecular complexity index is 319. The van der Waals surface area contributed by atoms with Crippen LogP contribution < -0.4 is 5.32 Å². The molecule has 0 aliphatic heterocycles. The van der Waals surface area contributed by atoms with Gasteiger partial charge in [-0.25, -0.2) is 4.98 Å². The molecule has 0 saturated heterocycles. The number of rotatable bonds is 2. The highest BCUT2D eigenvalue weighted by molar-refractivity contribution is 4.96. The first-order valence-corrected chi connectivity index (χ1v) is 6.49. The van der Waals surface area contributed by atoms with Crippen molar-refractivity contribution in [2.75, 3.05) is 7.05 Å². The molecular weight excluding hydrogens is 198 g/mol. The third kappa shape index (κ3) is 2.46. The summed E-state index contributed by atoms with van der Waals surface area (Å²) in [7, 11) is 2.09. The molecule has 2 rings (SSSR count). The number of aromatic nitrogens is 2. The van der Waals surface area contributed by atoms with E-state index in [1.54, 1.807) is 0 Å². The van der Waals surface area contributed by atoms with Crippen LogP contribution in [0.2, 0.25) is 0 Å². The highest BCUT2D eigenvalue weighted by atomic mass is 15.1. The van der Waals surface area contributed by atoms with Crippen molar-refractivity contribution < 1.29 is 0 Å². The van der Waals surface area contributed by atoms with Crippen molar-refractivity contribution in [3.8, 4) is 0 Å². The second kappa shape index (κ2) is 5.48. The molecule has 0 bridgehead atoms. The molecule has 1 aliphatic rings. The Balaban J connectivity index is 2.16. The molecule has 0 amide bonds. The Labute approximate surface area is 98.3 Å². The Kier molecular flexibility index (Phi) is 3.99. The summed E-state index contributed by atoms with van der Waals surface area (Å²) in [5.41, 5.74) is 0. The molecule has 0 spiro atoms. The normalized spacial score (nSPS) is 27.4. The van der Waals surface area contributed by atoms with Crippen LogP contribution in [-0.4, -0.2) is 22.6 Å². The monoisotopic (exact) mass is 221 g/mol. The second-order valence-electron chi connectivity index (χ2n) is 4.84. The predicted octanol–water partition coefficient (Wildman–Crippen LogP) is 2.67. The van der Waals surface area contributed by atoms with Crippen LogP contribution in [0.15, 0.2) is 12.4 Å². The molecule has 2 unspecified atom stereocenters. The fourth-order valence-electron chi connectivity index (χ4n) is 2.87. The van der Waals surface area contributed by atoms with Crippen LogP contribution in [0.3, 0.4) is 0 Å². The SMILES string of the molecule is CNC1CCCCCCC1n1ccnc1C. The fraction of sp³-hybridized carbons (Fsp3) is 0.769. The average Bonchev–Trinajstić information content (AvgIpc) is 2.65. The number of hydrogen-bond donors (Lipinski definition) is 1. The lowest BCUT2D eigenvalue weighted by molar-refractivity contribution is 0.291.